The molecule has 0 unspecified atom stereocenters. The second-order valence-electron chi connectivity index (χ2n) is 5.88. The topological polar surface area (TPSA) is 84.2 Å². The molecular weight excluding hydrogens is 290 g/mol. The molecule has 0 atom stereocenters. The number of aryl methyl sites for hydroxylation is 2. The molecule has 21 heavy (non-hydrogen) atoms. The van der Waals surface area contributed by atoms with Gasteiger partial charge in [-0.25, -0.2) is 18.1 Å². The van der Waals surface area contributed by atoms with Crippen LogP contribution >= 0.6 is 0 Å². The number of aliphatic hydroxyl groups is 1. The SMILES string of the molecule is CCn1cc(S(=O)(=O)NCC2(O)CCCCCC2)nc1C. The lowest BCUT2D eigenvalue weighted by Crippen LogP contribution is -2.42. The van der Waals surface area contributed by atoms with Gasteiger partial charge in [-0.15, -0.1) is 0 Å². The number of nitrogens with one attached hydrogen (secondary N) is 1. The fourth-order valence-corrected chi connectivity index (χ4v) is 3.92. The molecule has 0 spiro atoms. The van der Waals surface area contributed by atoms with Gasteiger partial charge in [0.25, 0.3) is 10.0 Å². The van der Waals surface area contributed by atoms with Crippen molar-refractivity contribution >= 4 is 10.0 Å². The van der Waals surface area contributed by atoms with Gasteiger partial charge in [-0.2, -0.15) is 0 Å². The molecule has 0 saturated heterocycles. The van der Waals surface area contributed by atoms with Crippen LogP contribution < -0.4 is 4.72 Å². The predicted molar refractivity (Wildman–Crippen MR) is 80.5 cm³/mol. The van der Waals surface area contributed by atoms with Gasteiger partial charge in [-0.1, -0.05) is 25.7 Å². The molecule has 6 nitrogen and oxygen atoms in total. The van der Waals surface area contributed by atoms with Gasteiger partial charge in [-0.05, 0) is 26.7 Å². The molecule has 1 aromatic rings. The lowest BCUT2D eigenvalue weighted by atomic mass is 9.95. The first-order chi connectivity index (χ1) is 9.86. The van der Waals surface area contributed by atoms with E-state index in [-0.39, 0.29) is 11.6 Å². The average molecular weight is 315 g/mol. The molecule has 1 fully saturated rings. The molecule has 1 aliphatic carbocycles. The van der Waals surface area contributed by atoms with Crippen molar-refractivity contribution in [1.29, 1.82) is 0 Å². The van der Waals surface area contributed by atoms with Crippen molar-refractivity contribution in [3.05, 3.63) is 12.0 Å². The molecule has 1 aromatic heterocycles. The van der Waals surface area contributed by atoms with Crippen LogP contribution in [0.3, 0.4) is 0 Å². The standard InChI is InChI=1S/C14H25N3O3S/c1-3-17-10-13(16-12(17)2)21(19,20)15-11-14(18)8-6-4-5-7-9-14/h10,15,18H,3-9,11H2,1-2H3. The highest BCUT2D eigenvalue weighted by atomic mass is 32.2. The maximum atomic E-state index is 12.3. The normalized spacial score (nSPS) is 19.4. The number of aromatic nitrogens is 2. The summed E-state index contributed by atoms with van der Waals surface area (Å²) in [5.41, 5.74) is -0.925. The number of hydrogen-bond acceptors (Lipinski definition) is 4. The van der Waals surface area contributed by atoms with Crippen LogP contribution in [0, 0.1) is 6.92 Å². The highest BCUT2D eigenvalue weighted by Crippen LogP contribution is 2.26. The van der Waals surface area contributed by atoms with Crippen LogP contribution in [-0.2, 0) is 16.6 Å². The summed E-state index contributed by atoms with van der Waals surface area (Å²) < 4.78 is 28.9. The van der Waals surface area contributed by atoms with Gasteiger partial charge in [0.05, 0.1) is 5.60 Å². The summed E-state index contributed by atoms with van der Waals surface area (Å²) in [5, 5.41) is 10.5. The lowest BCUT2D eigenvalue weighted by molar-refractivity contribution is 0.0303. The average Bonchev–Trinajstić information content (AvgIpc) is 2.69. The Bertz CT molecular complexity index is 572. The number of sulfonamides is 1. The van der Waals surface area contributed by atoms with Crippen molar-refractivity contribution in [3.63, 3.8) is 0 Å². The zero-order chi connectivity index (χ0) is 15.5. The maximum absolute atomic E-state index is 12.3. The third-order valence-corrected chi connectivity index (χ3v) is 5.47. The number of rotatable bonds is 5. The largest absolute Gasteiger partial charge is 0.389 e. The van der Waals surface area contributed by atoms with Crippen LogP contribution in [0.25, 0.3) is 0 Å². The smallest absolute Gasteiger partial charge is 0.259 e. The summed E-state index contributed by atoms with van der Waals surface area (Å²) in [6, 6.07) is 0. The molecule has 0 bridgehead atoms. The molecule has 7 heteroatoms. The molecule has 1 heterocycles. The van der Waals surface area contributed by atoms with E-state index < -0.39 is 15.6 Å². The minimum atomic E-state index is -3.66. The first-order valence-electron chi connectivity index (χ1n) is 7.62. The summed E-state index contributed by atoms with van der Waals surface area (Å²) >= 11 is 0. The Morgan fingerprint density at radius 3 is 2.48 bits per heavy atom. The number of imidazole rings is 1. The molecule has 120 valence electrons. The Morgan fingerprint density at radius 2 is 1.95 bits per heavy atom. The van der Waals surface area contributed by atoms with Gasteiger partial charge in [0, 0.05) is 19.3 Å². The van der Waals surface area contributed by atoms with E-state index in [0.717, 1.165) is 25.7 Å². The van der Waals surface area contributed by atoms with Gasteiger partial charge in [0.15, 0.2) is 5.03 Å². The van der Waals surface area contributed by atoms with E-state index in [1.54, 1.807) is 11.5 Å². The molecule has 2 rings (SSSR count). The van der Waals surface area contributed by atoms with Crippen LogP contribution in [-0.4, -0.2) is 35.2 Å². The van der Waals surface area contributed by atoms with E-state index in [1.807, 2.05) is 6.92 Å². The molecule has 0 radical (unpaired) electrons. The molecule has 1 aliphatic rings. The quantitative estimate of drug-likeness (QED) is 0.808. The van der Waals surface area contributed by atoms with Crippen molar-refractivity contribution in [2.45, 2.75) is 69.5 Å². The maximum Gasteiger partial charge on any atom is 0.259 e. The Balaban J connectivity index is 2.06. The molecule has 0 amide bonds. The van der Waals surface area contributed by atoms with Gasteiger partial charge >= 0.3 is 0 Å². The van der Waals surface area contributed by atoms with Crippen LogP contribution in [0.2, 0.25) is 0 Å². The third kappa shape index (κ3) is 4.05. The monoisotopic (exact) mass is 315 g/mol. The van der Waals surface area contributed by atoms with E-state index in [2.05, 4.69) is 9.71 Å². The van der Waals surface area contributed by atoms with Crippen molar-refractivity contribution in [2.24, 2.45) is 0 Å². The summed E-state index contributed by atoms with van der Waals surface area (Å²) in [7, 11) is -3.66. The van der Waals surface area contributed by atoms with E-state index in [1.165, 1.54) is 6.20 Å². The molecular formula is C14H25N3O3S. The second-order valence-corrected chi connectivity index (χ2v) is 7.59. The highest BCUT2D eigenvalue weighted by molar-refractivity contribution is 7.89. The second kappa shape index (κ2) is 6.46. The van der Waals surface area contributed by atoms with Crippen molar-refractivity contribution in [3.8, 4) is 0 Å². The Hall–Kier alpha value is -0.920. The van der Waals surface area contributed by atoms with Crippen molar-refractivity contribution in [1.82, 2.24) is 14.3 Å². The van der Waals surface area contributed by atoms with Gasteiger partial charge < -0.3 is 9.67 Å². The fraction of sp³-hybridized carbons (Fsp3) is 0.786. The summed E-state index contributed by atoms with van der Waals surface area (Å²) in [6.45, 7) is 4.46. The lowest BCUT2D eigenvalue weighted by Gasteiger charge is -2.26. The zero-order valence-corrected chi connectivity index (χ0v) is 13.6. The van der Waals surface area contributed by atoms with Crippen molar-refractivity contribution in [2.75, 3.05) is 6.54 Å². The van der Waals surface area contributed by atoms with E-state index in [9.17, 15) is 13.5 Å². The Kier molecular flexibility index (Phi) is 5.06. The molecule has 0 aliphatic heterocycles. The highest BCUT2D eigenvalue weighted by Gasteiger charge is 2.30. The van der Waals surface area contributed by atoms with E-state index in [0.29, 0.717) is 25.2 Å². The minimum Gasteiger partial charge on any atom is -0.389 e. The Labute approximate surface area is 126 Å². The van der Waals surface area contributed by atoms with E-state index >= 15 is 0 Å². The van der Waals surface area contributed by atoms with E-state index in [4.69, 9.17) is 0 Å². The summed E-state index contributed by atoms with van der Waals surface area (Å²) in [5.74, 6) is 0.672. The van der Waals surface area contributed by atoms with Crippen LogP contribution in [0.5, 0.6) is 0 Å². The Morgan fingerprint density at radius 1 is 1.33 bits per heavy atom. The van der Waals surface area contributed by atoms with Gasteiger partial charge in [0.1, 0.15) is 5.82 Å². The van der Waals surface area contributed by atoms with Crippen LogP contribution in [0.1, 0.15) is 51.3 Å². The van der Waals surface area contributed by atoms with Crippen LogP contribution in [0.15, 0.2) is 11.2 Å². The third-order valence-electron chi connectivity index (χ3n) is 4.20. The summed E-state index contributed by atoms with van der Waals surface area (Å²) in [4.78, 5) is 4.09. The van der Waals surface area contributed by atoms with Crippen LogP contribution in [0.4, 0.5) is 0 Å². The van der Waals surface area contributed by atoms with Gasteiger partial charge in [-0.3, -0.25) is 0 Å². The molecule has 2 N–H and O–H groups in total. The molecule has 0 aromatic carbocycles. The predicted octanol–water partition coefficient (Wildman–Crippen LogP) is 1.58. The van der Waals surface area contributed by atoms with Crippen molar-refractivity contribution < 1.29 is 13.5 Å². The fourth-order valence-electron chi connectivity index (χ4n) is 2.80. The minimum absolute atomic E-state index is 0.0269. The zero-order valence-electron chi connectivity index (χ0n) is 12.8. The first-order valence-corrected chi connectivity index (χ1v) is 9.10. The number of hydrogen-bond donors (Lipinski definition) is 2. The first kappa shape index (κ1) is 16.5. The van der Waals surface area contributed by atoms with Gasteiger partial charge in [0.2, 0.25) is 0 Å². The molecule has 1 saturated carbocycles. The summed E-state index contributed by atoms with van der Waals surface area (Å²) in [6.07, 6.45) is 6.94. The number of nitrogens with zero attached hydrogens (tertiary/aromatic N) is 2.